The predicted octanol–water partition coefficient (Wildman–Crippen LogP) is 2.93. The van der Waals surface area contributed by atoms with Gasteiger partial charge in [-0.25, -0.2) is 4.98 Å². The van der Waals surface area contributed by atoms with Crippen LogP contribution in [0.3, 0.4) is 0 Å². The lowest BCUT2D eigenvalue weighted by Crippen LogP contribution is -1.97. The molecule has 0 spiro atoms. The summed E-state index contributed by atoms with van der Waals surface area (Å²) in [7, 11) is 1.68. The van der Waals surface area contributed by atoms with E-state index in [4.69, 9.17) is 4.74 Å². The molecule has 3 rings (SSSR count). The minimum absolute atomic E-state index is 0.822. The van der Waals surface area contributed by atoms with Gasteiger partial charge in [-0.05, 0) is 17.7 Å². The Kier molecular flexibility index (Phi) is 2.73. The Morgan fingerprint density at radius 3 is 2.72 bits per heavy atom. The maximum atomic E-state index is 5.25. The van der Waals surface area contributed by atoms with Gasteiger partial charge in [-0.15, -0.1) is 0 Å². The summed E-state index contributed by atoms with van der Waals surface area (Å²) in [5, 5.41) is 0. The summed E-state index contributed by atoms with van der Waals surface area (Å²) in [6.45, 7) is 0. The van der Waals surface area contributed by atoms with Crippen LogP contribution in [0.25, 0.3) is 5.52 Å². The molecular formula is C15H14N2O. The number of nitrogens with zero attached hydrogens (tertiary/aromatic N) is 2. The summed E-state index contributed by atoms with van der Waals surface area (Å²) in [5.41, 5.74) is 2.34. The standard InChI is InChI=1S/C15H14N2O/c1-18-14-8-7-13-10-16-15(17(13)11-14)9-12-5-3-2-4-6-12/h2-8,10-11H,9H2,1H3. The molecule has 1 aromatic carbocycles. The van der Waals surface area contributed by atoms with Crippen molar-refractivity contribution < 1.29 is 4.74 Å². The maximum absolute atomic E-state index is 5.25. The Morgan fingerprint density at radius 2 is 1.94 bits per heavy atom. The molecule has 0 aliphatic heterocycles. The van der Waals surface area contributed by atoms with Crippen LogP contribution in [-0.2, 0) is 6.42 Å². The van der Waals surface area contributed by atoms with E-state index in [1.165, 1.54) is 5.56 Å². The second-order valence-electron chi connectivity index (χ2n) is 4.20. The molecule has 2 heterocycles. The van der Waals surface area contributed by atoms with Gasteiger partial charge in [-0.2, -0.15) is 0 Å². The van der Waals surface area contributed by atoms with Crippen molar-refractivity contribution in [2.24, 2.45) is 0 Å². The summed E-state index contributed by atoms with van der Waals surface area (Å²) in [5.74, 6) is 1.87. The molecule has 2 aromatic heterocycles. The normalized spacial score (nSPS) is 10.7. The molecule has 0 aliphatic rings. The van der Waals surface area contributed by atoms with E-state index >= 15 is 0 Å². The Morgan fingerprint density at radius 1 is 1.11 bits per heavy atom. The van der Waals surface area contributed by atoms with Crippen LogP contribution in [0.1, 0.15) is 11.4 Å². The van der Waals surface area contributed by atoms with Crippen molar-refractivity contribution in [3.63, 3.8) is 0 Å². The zero-order chi connectivity index (χ0) is 12.4. The number of benzene rings is 1. The molecule has 0 fully saturated rings. The maximum Gasteiger partial charge on any atom is 0.135 e. The number of fused-ring (bicyclic) bond motifs is 1. The van der Waals surface area contributed by atoms with Gasteiger partial charge in [0.15, 0.2) is 0 Å². The molecule has 0 aliphatic carbocycles. The minimum atomic E-state index is 0.822. The fraction of sp³-hybridized carbons (Fsp3) is 0.133. The van der Waals surface area contributed by atoms with Crippen LogP contribution in [-0.4, -0.2) is 16.5 Å². The van der Waals surface area contributed by atoms with E-state index < -0.39 is 0 Å². The summed E-state index contributed by atoms with van der Waals surface area (Å²) in [4.78, 5) is 4.47. The molecule has 3 nitrogen and oxygen atoms in total. The van der Waals surface area contributed by atoms with Gasteiger partial charge >= 0.3 is 0 Å². The van der Waals surface area contributed by atoms with Crippen molar-refractivity contribution in [3.8, 4) is 5.75 Å². The van der Waals surface area contributed by atoms with E-state index in [9.17, 15) is 0 Å². The van der Waals surface area contributed by atoms with Crippen LogP contribution < -0.4 is 4.74 Å². The molecule has 18 heavy (non-hydrogen) atoms. The molecule has 3 aromatic rings. The highest BCUT2D eigenvalue weighted by Crippen LogP contribution is 2.16. The van der Waals surface area contributed by atoms with Crippen molar-refractivity contribution >= 4 is 5.52 Å². The highest BCUT2D eigenvalue weighted by molar-refractivity contribution is 5.48. The van der Waals surface area contributed by atoms with E-state index in [-0.39, 0.29) is 0 Å². The molecule has 3 heteroatoms. The summed E-state index contributed by atoms with van der Waals surface area (Å²) < 4.78 is 7.32. The number of hydrogen-bond acceptors (Lipinski definition) is 2. The quantitative estimate of drug-likeness (QED) is 0.701. The van der Waals surface area contributed by atoms with E-state index in [1.807, 2.05) is 42.7 Å². The third-order valence-corrected chi connectivity index (χ3v) is 3.02. The SMILES string of the molecule is COc1ccc2cnc(Cc3ccccc3)n2c1. The van der Waals surface area contributed by atoms with Crippen molar-refractivity contribution in [2.45, 2.75) is 6.42 Å². The van der Waals surface area contributed by atoms with Crippen molar-refractivity contribution in [1.29, 1.82) is 0 Å². The third kappa shape index (κ3) is 1.95. The zero-order valence-corrected chi connectivity index (χ0v) is 10.2. The van der Waals surface area contributed by atoms with E-state index in [0.29, 0.717) is 0 Å². The Hall–Kier alpha value is -2.29. The average Bonchev–Trinajstić information content (AvgIpc) is 2.82. The fourth-order valence-electron chi connectivity index (χ4n) is 2.05. The molecule has 0 bridgehead atoms. The number of ether oxygens (including phenoxy) is 1. The van der Waals surface area contributed by atoms with Gasteiger partial charge in [0, 0.05) is 6.42 Å². The van der Waals surface area contributed by atoms with Gasteiger partial charge in [-0.1, -0.05) is 30.3 Å². The van der Waals surface area contributed by atoms with Gasteiger partial charge in [0.05, 0.1) is 25.0 Å². The van der Waals surface area contributed by atoms with Crippen LogP contribution in [0.5, 0.6) is 5.75 Å². The lowest BCUT2D eigenvalue weighted by molar-refractivity contribution is 0.412. The summed E-state index contributed by atoms with van der Waals surface area (Å²) in [6.07, 6.45) is 4.68. The number of aromatic nitrogens is 2. The van der Waals surface area contributed by atoms with Crippen LogP contribution in [0.4, 0.5) is 0 Å². The second-order valence-corrected chi connectivity index (χ2v) is 4.20. The van der Waals surface area contributed by atoms with Gasteiger partial charge in [-0.3, -0.25) is 4.40 Å². The van der Waals surface area contributed by atoms with Crippen LogP contribution in [0.2, 0.25) is 0 Å². The minimum Gasteiger partial charge on any atom is -0.495 e. The topological polar surface area (TPSA) is 26.5 Å². The fourth-order valence-corrected chi connectivity index (χ4v) is 2.05. The molecule has 0 N–H and O–H groups in total. The van der Waals surface area contributed by atoms with E-state index in [0.717, 1.165) is 23.5 Å². The first-order valence-electron chi connectivity index (χ1n) is 5.91. The number of hydrogen-bond donors (Lipinski definition) is 0. The van der Waals surface area contributed by atoms with Gasteiger partial charge in [0.25, 0.3) is 0 Å². The molecule has 90 valence electrons. The zero-order valence-electron chi connectivity index (χ0n) is 10.2. The Bertz CT molecular complexity index is 659. The molecule has 0 saturated carbocycles. The molecule has 0 radical (unpaired) electrons. The average molecular weight is 238 g/mol. The van der Waals surface area contributed by atoms with Crippen molar-refractivity contribution in [3.05, 3.63) is 66.2 Å². The summed E-state index contributed by atoms with van der Waals surface area (Å²) in [6, 6.07) is 14.3. The smallest absolute Gasteiger partial charge is 0.135 e. The first kappa shape index (κ1) is 10.8. The predicted molar refractivity (Wildman–Crippen MR) is 71.0 cm³/mol. The second kappa shape index (κ2) is 4.53. The van der Waals surface area contributed by atoms with Crippen LogP contribution >= 0.6 is 0 Å². The highest BCUT2D eigenvalue weighted by Gasteiger charge is 2.05. The number of methoxy groups -OCH3 is 1. The lowest BCUT2D eigenvalue weighted by atomic mass is 10.1. The summed E-state index contributed by atoms with van der Waals surface area (Å²) >= 11 is 0. The van der Waals surface area contributed by atoms with E-state index in [1.54, 1.807) is 7.11 Å². The van der Waals surface area contributed by atoms with E-state index in [2.05, 4.69) is 21.5 Å². The number of rotatable bonds is 3. The van der Waals surface area contributed by atoms with Gasteiger partial charge < -0.3 is 4.74 Å². The van der Waals surface area contributed by atoms with Crippen LogP contribution in [0, 0.1) is 0 Å². The number of imidazole rings is 1. The highest BCUT2D eigenvalue weighted by atomic mass is 16.5. The monoisotopic (exact) mass is 238 g/mol. The lowest BCUT2D eigenvalue weighted by Gasteiger charge is -2.04. The van der Waals surface area contributed by atoms with Crippen LogP contribution in [0.15, 0.2) is 54.9 Å². The number of pyridine rings is 1. The van der Waals surface area contributed by atoms with Gasteiger partial charge in [0.1, 0.15) is 11.6 Å². The molecule has 0 amide bonds. The van der Waals surface area contributed by atoms with Gasteiger partial charge in [0.2, 0.25) is 0 Å². The first-order valence-corrected chi connectivity index (χ1v) is 5.91. The van der Waals surface area contributed by atoms with Crippen molar-refractivity contribution in [1.82, 2.24) is 9.38 Å². The van der Waals surface area contributed by atoms with Crippen molar-refractivity contribution in [2.75, 3.05) is 7.11 Å². The Labute approximate surface area is 106 Å². The molecule has 0 saturated heterocycles. The molecule has 0 unspecified atom stereocenters. The Balaban J connectivity index is 2.01. The largest absolute Gasteiger partial charge is 0.495 e. The molecular weight excluding hydrogens is 224 g/mol. The third-order valence-electron chi connectivity index (χ3n) is 3.02. The molecule has 0 atom stereocenters. The first-order chi connectivity index (χ1) is 8.86.